The summed E-state index contributed by atoms with van der Waals surface area (Å²) in [5.41, 5.74) is 0. The fraction of sp³-hybridized carbons (Fsp3) is 0.571. The summed E-state index contributed by atoms with van der Waals surface area (Å²) in [4.78, 5) is 3.99. The highest BCUT2D eigenvalue weighted by Gasteiger charge is 2.20. The number of hydrogen-bond acceptors (Lipinski definition) is 3. The summed E-state index contributed by atoms with van der Waals surface area (Å²) in [6.07, 6.45) is 5.88. The van der Waals surface area contributed by atoms with Gasteiger partial charge in [-0.1, -0.05) is 0 Å². The summed E-state index contributed by atoms with van der Waals surface area (Å²) in [6.45, 7) is 0.775. The quantitative estimate of drug-likeness (QED) is 0.675. The van der Waals surface area contributed by atoms with Crippen molar-refractivity contribution in [1.29, 1.82) is 0 Å². The summed E-state index contributed by atoms with van der Waals surface area (Å²) >= 11 is 0. The SMILES string of the molecule is c1coc(CNC2CC2)n1. The lowest BCUT2D eigenvalue weighted by Gasteiger charge is -1.95. The first-order chi connectivity index (χ1) is 4.95. The van der Waals surface area contributed by atoms with Gasteiger partial charge in [0.15, 0.2) is 0 Å². The van der Waals surface area contributed by atoms with E-state index in [9.17, 15) is 0 Å². The van der Waals surface area contributed by atoms with Gasteiger partial charge in [0.25, 0.3) is 0 Å². The zero-order valence-electron chi connectivity index (χ0n) is 5.71. The van der Waals surface area contributed by atoms with Crippen LogP contribution in [0.1, 0.15) is 18.7 Å². The van der Waals surface area contributed by atoms with Crippen LogP contribution >= 0.6 is 0 Å². The fourth-order valence-electron chi connectivity index (χ4n) is 0.859. The molecule has 0 aromatic carbocycles. The minimum Gasteiger partial charge on any atom is -0.448 e. The van der Waals surface area contributed by atoms with Gasteiger partial charge in [0.1, 0.15) is 6.26 Å². The molecule has 1 aliphatic rings. The van der Waals surface area contributed by atoms with Crippen LogP contribution in [0, 0.1) is 0 Å². The maximum absolute atomic E-state index is 5.04. The molecule has 1 N–H and O–H groups in total. The molecule has 1 saturated carbocycles. The first-order valence-electron chi connectivity index (χ1n) is 3.57. The third-order valence-corrected chi connectivity index (χ3v) is 1.60. The Morgan fingerprint density at radius 1 is 1.70 bits per heavy atom. The number of rotatable bonds is 3. The van der Waals surface area contributed by atoms with Crippen LogP contribution in [0.3, 0.4) is 0 Å². The molecule has 0 aliphatic heterocycles. The van der Waals surface area contributed by atoms with E-state index in [-0.39, 0.29) is 0 Å². The number of nitrogens with zero attached hydrogens (tertiary/aromatic N) is 1. The van der Waals surface area contributed by atoms with Gasteiger partial charge >= 0.3 is 0 Å². The molecule has 10 heavy (non-hydrogen) atoms. The Morgan fingerprint density at radius 2 is 2.60 bits per heavy atom. The van der Waals surface area contributed by atoms with Gasteiger partial charge in [0.05, 0.1) is 12.7 Å². The van der Waals surface area contributed by atoms with Crippen molar-refractivity contribution in [2.45, 2.75) is 25.4 Å². The first-order valence-corrected chi connectivity index (χ1v) is 3.57. The normalized spacial score (nSPS) is 17.6. The standard InChI is InChI=1S/C7H10N2O/c1-2-6(1)9-5-7-8-3-4-10-7/h3-4,6,9H,1-2,5H2. The Bertz CT molecular complexity index is 191. The van der Waals surface area contributed by atoms with E-state index in [1.165, 1.54) is 12.8 Å². The van der Waals surface area contributed by atoms with Crippen LogP contribution in [0.25, 0.3) is 0 Å². The van der Waals surface area contributed by atoms with Crippen LogP contribution in [-0.2, 0) is 6.54 Å². The molecule has 1 aromatic heterocycles. The zero-order valence-corrected chi connectivity index (χ0v) is 5.71. The van der Waals surface area contributed by atoms with Crippen molar-refractivity contribution in [3.8, 4) is 0 Å². The van der Waals surface area contributed by atoms with Crippen molar-refractivity contribution in [2.75, 3.05) is 0 Å². The highest BCUT2D eigenvalue weighted by molar-refractivity contribution is 4.85. The third kappa shape index (κ3) is 1.36. The minimum atomic E-state index is 0.729. The summed E-state index contributed by atoms with van der Waals surface area (Å²) in [5.74, 6) is 0.784. The first kappa shape index (κ1) is 5.92. The molecule has 1 heterocycles. The molecule has 0 bridgehead atoms. The second-order valence-electron chi connectivity index (χ2n) is 2.58. The Hall–Kier alpha value is -0.830. The van der Waals surface area contributed by atoms with Gasteiger partial charge in [0.2, 0.25) is 5.89 Å². The van der Waals surface area contributed by atoms with E-state index >= 15 is 0 Å². The second kappa shape index (κ2) is 2.42. The van der Waals surface area contributed by atoms with Crippen molar-refractivity contribution in [3.63, 3.8) is 0 Å². The zero-order chi connectivity index (χ0) is 6.81. The summed E-state index contributed by atoms with van der Waals surface area (Å²) in [7, 11) is 0. The summed E-state index contributed by atoms with van der Waals surface area (Å²) in [5, 5.41) is 3.30. The monoisotopic (exact) mass is 138 g/mol. The van der Waals surface area contributed by atoms with Crippen molar-refractivity contribution in [3.05, 3.63) is 18.4 Å². The van der Waals surface area contributed by atoms with E-state index < -0.39 is 0 Å². The Labute approximate surface area is 59.4 Å². The average Bonchev–Trinajstić information content (AvgIpc) is 2.63. The van der Waals surface area contributed by atoms with Crippen LogP contribution in [0.15, 0.2) is 16.9 Å². The van der Waals surface area contributed by atoms with Crippen LogP contribution in [0.4, 0.5) is 0 Å². The fourth-order valence-corrected chi connectivity index (χ4v) is 0.859. The molecule has 54 valence electrons. The topological polar surface area (TPSA) is 38.1 Å². The molecule has 0 atom stereocenters. The molecule has 1 aliphatic carbocycles. The van der Waals surface area contributed by atoms with Crippen LogP contribution in [-0.4, -0.2) is 11.0 Å². The lowest BCUT2D eigenvalue weighted by molar-refractivity contribution is 0.467. The summed E-state index contributed by atoms with van der Waals surface area (Å²) < 4.78 is 5.04. The Morgan fingerprint density at radius 3 is 3.20 bits per heavy atom. The molecule has 0 radical (unpaired) electrons. The molecular weight excluding hydrogens is 128 g/mol. The molecule has 3 nitrogen and oxygen atoms in total. The smallest absolute Gasteiger partial charge is 0.207 e. The van der Waals surface area contributed by atoms with E-state index in [1.807, 2.05) is 0 Å². The minimum absolute atomic E-state index is 0.729. The number of hydrogen-bond donors (Lipinski definition) is 1. The van der Waals surface area contributed by atoms with Gasteiger partial charge in [-0.25, -0.2) is 4.98 Å². The van der Waals surface area contributed by atoms with Crippen LogP contribution in [0.5, 0.6) is 0 Å². The Balaban J connectivity index is 1.79. The average molecular weight is 138 g/mol. The van der Waals surface area contributed by atoms with Crippen molar-refractivity contribution < 1.29 is 4.42 Å². The highest BCUT2D eigenvalue weighted by atomic mass is 16.3. The molecule has 3 heteroatoms. The van der Waals surface area contributed by atoms with E-state index in [1.54, 1.807) is 12.5 Å². The van der Waals surface area contributed by atoms with Gasteiger partial charge in [-0.15, -0.1) is 0 Å². The predicted octanol–water partition coefficient (Wildman–Crippen LogP) is 0.927. The maximum atomic E-state index is 5.04. The van der Waals surface area contributed by atoms with Crippen molar-refractivity contribution in [1.82, 2.24) is 10.3 Å². The second-order valence-corrected chi connectivity index (χ2v) is 2.58. The molecule has 0 spiro atoms. The van der Waals surface area contributed by atoms with Crippen LogP contribution in [0.2, 0.25) is 0 Å². The van der Waals surface area contributed by atoms with Gasteiger partial charge < -0.3 is 9.73 Å². The third-order valence-electron chi connectivity index (χ3n) is 1.60. The predicted molar refractivity (Wildman–Crippen MR) is 36.4 cm³/mol. The molecule has 0 unspecified atom stereocenters. The molecule has 0 amide bonds. The number of oxazole rings is 1. The molecule has 1 aromatic rings. The number of aromatic nitrogens is 1. The van der Waals surface area contributed by atoms with Crippen molar-refractivity contribution in [2.24, 2.45) is 0 Å². The molecule has 2 rings (SSSR count). The van der Waals surface area contributed by atoms with Gasteiger partial charge in [-0.3, -0.25) is 0 Å². The summed E-state index contributed by atoms with van der Waals surface area (Å²) in [6, 6.07) is 0.729. The largest absolute Gasteiger partial charge is 0.448 e. The van der Waals surface area contributed by atoms with Crippen molar-refractivity contribution >= 4 is 0 Å². The molecular formula is C7H10N2O. The molecule has 1 fully saturated rings. The van der Waals surface area contributed by atoms with Gasteiger partial charge in [0, 0.05) is 6.04 Å². The van der Waals surface area contributed by atoms with E-state index in [0.29, 0.717) is 0 Å². The Kier molecular flexibility index (Phi) is 1.43. The van der Waals surface area contributed by atoms with E-state index in [2.05, 4.69) is 10.3 Å². The number of nitrogens with one attached hydrogen (secondary N) is 1. The molecule has 0 saturated heterocycles. The van der Waals surface area contributed by atoms with Crippen LogP contribution < -0.4 is 5.32 Å². The van der Waals surface area contributed by atoms with Gasteiger partial charge in [-0.2, -0.15) is 0 Å². The lowest BCUT2D eigenvalue weighted by atomic mass is 10.6. The van der Waals surface area contributed by atoms with Gasteiger partial charge in [-0.05, 0) is 12.8 Å². The lowest BCUT2D eigenvalue weighted by Crippen LogP contribution is -2.15. The maximum Gasteiger partial charge on any atom is 0.207 e. The van der Waals surface area contributed by atoms with E-state index in [0.717, 1.165) is 18.5 Å². The highest BCUT2D eigenvalue weighted by Crippen LogP contribution is 2.18. The van der Waals surface area contributed by atoms with E-state index in [4.69, 9.17) is 4.42 Å².